The second-order valence-corrected chi connectivity index (χ2v) is 23.7. The van der Waals surface area contributed by atoms with Crippen LogP contribution in [0.1, 0.15) is 69.4 Å². The molecule has 4 aromatic heterocycles. The largest absolute Gasteiger partial charge is 0.456 e. The number of rotatable bonds is 6. The summed E-state index contributed by atoms with van der Waals surface area (Å²) in [5, 5.41) is 22.9. The quantitative estimate of drug-likeness (QED) is 0.164. The lowest BCUT2D eigenvalue weighted by Crippen LogP contribution is -2.11. The van der Waals surface area contributed by atoms with Crippen LogP contribution in [0.3, 0.4) is 0 Å². The number of benzene rings is 11. The first-order valence-electron chi connectivity index (χ1n) is 27.4. The maximum atomic E-state index is 11.2. The normalized spacial score (nSPS) is 12.5. The molecule has 0 atom stereocenters. The fraction of sp³-hybridized carbons (Fsp3) is 0.137. The predicted molar refractivity (Wildman–Crippen MR) is 332 cm³/mol. The van der Waals surface area contributed by atoms with Gasteiger partial charge in [0.1, 0.15) is 39.6 Å². The van der Waals surface area contributed by atoms with Crippen LogP contribution in [0.2, 0.25) is 0 Å². The Hall–Kier alpha value is -9.77. The summed E-state index contributed by atoms with van der Waals surface area (Å²) in [6.45, 7) is 17.7. The van der Waals surface area contributed by atoms with Crippen LogP contribution in [0.15, 0.2) is 206 Å². The van der Waals surface area contributed by atoms with E-state index in [2.05, 4.69) is 253 Å². The van der Waals surface area contributed by atoms with E-state index in [0.717, 1.165) is 132 Å². The Morgan fingerprint density at radius 1 is 0.350 bits per heavy atom. The number of para-hydroxylation sites is 6. The molecular formula is C73H55N3O4. The molecule has 0 saturated carbocycles. The summed E-state index contributed by atoms with van der Waals surface area (Å²) in [5.41, 5.74) is 17.0. The second kappa shape index (κ2) is 17.1. The number of anilines is 6. The lowest BCUT2D eigenvalue weighted by molar-refractivity contribution is 0.572. The van der Waals surface area contributed by atoms with Crippen LogP contribution >= 0.6 is 0 Å². The smallest absolute Gasteiger partial charge is 0.159 e. The zero-order valence-electron chi connectivity index (χ0n) is 45.9. The number of nitrogens with zero attached hydrogens (tertiary/aromatic N) is 3. The van der Waals surface area contributed by atoms with Gasteiger partial charge in [-0.3, -0.25) is 0 Å². The Morgan fingerprint density at radius 3 is 1.16 bits per heavy atom. The topological polar surface area (TPSA) is 82.8 Å². The van der Waals surface area contributed by atoms with Crippen LogP contribution in [0.25, 0.3) is 109 Å². The van der Waals surface area contributed by atoms with Crippen LogP contribution < -0.4 is 9.80 Å². The van der Waals surface area contributed by atoms with Gasteiger partial charge in [-0.2, -0.15) is 5.26 Å². The average Bonchev–Trinajstić information content (AvgIpc) is 4.29. The summed E-state index contributed by atoms with van der Waals surface area (Å²) in [5.74, 6) is 0. The molecule has 0 bridgehead atoms. The molecule has 4 heterocycles. The highest BCUT2D eigenvalue weighted by molar-refractivity contribution is 6.22. The van der Waals surface area contributed by atoms with E-state index in [1.54, 1.807) is 0 Å². The molecule has 0 fully saturated rings. The Kier molecular flexibility index (Phi) is 10.1. The fourth-order valence-electron chi connectivity index (χ4n) is 12.6. The SMILES string of the molecule is Cc1ccccc1N(c1ccc2cc3c(cc2c1)oc1cc2oc4cc5cc(N(c6ccccc6C)c6cccc7c6oc6c(C(C)(C)C)cccc67)ccc5cc4c2c(C#N)c13)c1cccc2c1oc1c(C(C)(C)C)cccc12. The molecule has 386 valence electrons. The van der Waals surface area contributed by atoms with Crippen molar-refractivity contribution in [2.24, 2.45) is 0 Å². The van der Waals surface area contributed by atoms with Gasteiger partial charge in [-0.1, -0.05) is 151 Å². The third-order valence-corrected chi connectivity index (χ3v) is 16.5. The van der Waals surface area contributed by atoms with Gasteiger partial charge in [0, 0.05) is 83.0 Å². The number of nitriles is 1. The maximum Gasteiger partial charge on any atom is 0.159 e. The van der Waals surface area contributed by atoms with Crippen molar-refractivity contribution in [3.8, 4) is 6.07 Å². The van der Waals surface area contributed by atoms with Gasteiger partial charge in [-0.15, -0.1) is 0 Å². The van der Waals surface area contributed by atoms with Gasteiger partial charge < -0.3 is 27.5 Å². The Labute approximate surface area is 462 Å². The van der Waals surface area contributed by atoms with Crippen molar-refractivity contribution in [2.45, 2.75) is 66.2 Å². The number of fused-ring (bicyclic) bond motifs is 14. The van der Waals surface area contributed by atoms with E-state index >= 15 is 0 Å². The molecule has 0 aliphatic heterocycles. The van der Waals surface area contributed by atoms with Crippen molar-refractivity contribution in [1.82, 2.24) is 0 Å². The highest BCUT2D eigenvalue weighted by atomic mass is 16.3. The van der Waals surface area contributed by atoms with Crippen molar-refractivity contribution in [3.05, 3.63) is 216 Å². The molecule has 0 radical (unpaired) electrons. The molecule has 15 aromatic rings. The monoisotopic (exact) mass is 1040 g/mol. The van der Waals surface area contributed by atoms with E-state index in [1.807, 2.05) is 6.07 Å². The molecule has 0 spiro atoms. The van der Waals surface area contributed by atoms with E-state index in [1.165, 1.54) is 11.1 Å². The predicted octanol–water partition coefficient (Wildman–Crippen LogP) is 21.6. The zero-order chi connectivity index (χ0) is 54.5. The highest BCUT2D eigenvalue weighted by Crippen LogP contribution is 2.49. The lowest BCUT2D eigenvalue weighted by Gasteiger charge is -2.27. The van der Waals surface area contributed by atoms with Gasteiger partial charge in [-0.25, -0.2) is 0 Å². The third-order valence-electron chi connectivity index (χ3n) is 16.5. The van der Waals surface area contributed by atoms with Crippen LogP contribution in [-0.4, -0.2) is 0 Å². The Morgan fingerprint density at radius 2 is 0.750 bits per heavy atom. The van der Waals surface area contributed by atoms with E-state index < -0.39 is 0 Å². The van der Waals surface area contributed by atoms with E-state index in [-0.39, 0.29) is 10.8 Å². The molecular weight excluding hydrogens is 983 g/mol. The van der Waals surface area contributed by atoms with E-state index in [9.17, 15) is 5.26 Å². The molecule has 0 unspecified atom stereocenters. The first kappa shape index (κ1) is 47.4. The number of hydrogen-bond acceptors (Lipinski definition) is 7. The first-order valence-corrected chi connectivity index (χ1v) is 27.4. The Balaban J connectivity index is 0.857. The summed E-state index contributed by atoms with van der Waals surface area (Å²) >= 11 is 0. The molecule has 7 heteroatoms. The molecule has 0 amide bonds. The number of aryl methyl sites for hydroxylation is 2. The molecule has 0 aliphatic rings. The Bertz CT molecular complexity index is 4850. The van der Waals surface area contributed by atoms with Gasteiger partial charge in [-0.05, 0) is 130 Å². The lowest BCUT2D eigenvalue weighted by atomic mass is 9.86. The first-order chi connectivity index (χ1) is 38.7. The van der Waals surface area contributed by atoms with E-state index in [4.69, 9.17) is 17.7 Å². The minimum absolute atomic E-state index is 0.103. The van der Waals surface area contributed by atoms with Gasteiger partial charge in [0.25, 0.3) is 0 Å². The third kappa shape index (κ3) is 7.11. The van der Waals surface area contributed by atoms with Crippen molar-refractivity contribution in [2.75, 3.05) is 9.80 Å². The average molecular weight is 1040 g/mol. The van der Waals surface area contributed by atoms with Gasteiger partial charge >= 0.3 is 0 Å². The van der Waals surface area contributed by atoms with Crippen LogP contribution in [0.4, 0.5) is 34.1 Å². The standard InChI is InChI=1S/C73H55N3O4/c1-41-17-9-11-25-58(41)75(60-27-15-21-51-49-19-13-23-56(72(3,4)5)68(49)79-70(51)60)47-31-29-43-35-53-62(37-45(43)33-47)77-64-39-65-67(55(40-74)66(53)64)54-36-44-30-32-48(34-46(44)38-63(54)78-65)76(59-26-12-10-18-42(59)2)61-28-16-22-52-50-20-14-24-57(73(6,7)8)69(50)80-71(52)61/h9-39H,1-8H3. The van der Waals surface area contributed by atoms with Crippen molar-refractivity contribution in [1.29, 1.82) is 5.26 Å². The van der Waals surface area contributed by atoms with Crippen LogP contribution in [0.5, 0.6) is 0 Å². The van der Waals surface area contributed by atoms with Gasteiger partial charge in [0.2, 0.25) is 0 Å². The number of furan rings is 4. The summed E-state index contributed by atoms with van der Waals surface area (Å²) in [6.07, 6.45) is 0. The molecule has 0 aliphatic carbocycles. The minimum Gasteiger partial charge on any atom is -0.456 e. The molecule has 7 nitrogen and oxygen atoms in total. The molecule has 11 aromatic carbocycles. The summed E-state index contributed by atoms with van der Waals surface area (Å²) in [6, 6.07) is 69.0. The van der Waals surface area contributed by atoms with Crippen LogP contribution in [-0.2, 0) is 10.8 Å². The minimum atomic E-state index is -0.103. The second-order valence-electron chi connectivity index (χ2n) is 23.7. The van der Waals surface area contributed by atoms with Gasteiger partial charge in [0.15, 0.2) is 11.2 Å². The van der Waals surface area contributed by atoms with E-state index in [0.29, 0.717) is 27.9 Å². The summed E-state index contributed by atoms with van der Waals surface area (Å²) in [4.78, 5) is 4.61. The summed E-state index contributed by atoms with van der Waals surface area (Å²) in [7, 11) is 0. The molecule has 0 N–H and O–H groups in total. The highest BCUT2D eigenvalue weighted by Gasteiger charge is 2.28. The van der Waals surface area contributed by atoms with Crippen molar-refractivity contribution in [3.63, 3.8) is 0 Å². The fourth-order valence-corrected chi connectivity index (χ4v) is 12.6. The van der Waals surface area contributed by atoms with Crippen molar-refractivity contribution >= 4 is 143 Å². The molecule has 15 rings (SSSR count). The summed E-state index contributed by atoms with van der Waals surface area (Å²) < 4.78 is 27.4. The molecule has 0 saturated heterocycles. The molecule has 80 heavy (non-hydrogen) atoms. The van der Waals surface area contributed by atoms with Gasteiger partial charge in [0.05, 0.1) is 16.9 Å². The van der Waals surface area contributed by atoms with Crippen LogP contribution in [0, 0.1) is 25.2 Å². The zero-order valence-corrected chi connectivity index (χ0v) is 45.9. The maximum absolute atomic E-state index is 11.2. The van der Waals surface area contributed by atoms with Crippen molar-refractivity contribution < 1.29 is 17.7 Å². The number of hydrogen-bond donors (Lipinski definition) is 0.